The first-order chi connectivity index (χ1) is 5.61. The number of halogens is 2. The lowest BCUT2D eigenvalue weighted by Crippen LogP contribution is -2.12. The minimum absolute atomic E-state index is 0.351. The molecule has 3 nitrogen and oxygen atoms in total. The van der Waals surface area contributed by atoms with Crippen molar-refractivity contribution in [3.05, 3.63) is 15.1 Å². The van der Waals surface area contributed by atoms with Crippen molar-refractivity contribution in [2.75, 3.05) is 5.32 Å². The number of aromatic nitrogens is 2. The molecule has 12 heavy (non-hydrogen) atoms. The van der Waals surface area contributed by atoms with Crippen molar-refractivity contribution in [1.82, 2.24) is 9.97 Å². The van der Waals surface area contributed by atoms with Crippen LogP contribution in [0.2, 0.25) is 5.15 Å². The van der Waals surface area contributed by atoms with Crippen LogP contribution in [0, 0.1) is 3.57 Å². The Kier molecular flexibility index (Phi) is 3.52. The van der Waals surface area contributed by atoms with Crippen LogP contribution in [-0.2, 0) is 0 Å². The molecule has 0 aliphatic carbocycles. The Morgan fingerprint density at radius 1 is 1.50 bits per heavy atom. The minimum Gasteiger partial charge on any atom is -0.367 e. The first-order valence-electron chi connectivity index (χ1n) is 3.53. The highest BCUT2D eigenvalue weighted by atomic mass is 127. The second-order valence-electron chi connectivity index (χ2n) is 2.63. The molecule has 0 unspecified atom stereocenters. The van der Waals surface area contributed by atoms with E-state index in [4.69, 9.17) is 11.6 Å². The number of rotatable bonds is 2. The van der Waals surface area contributed by atoms with Crippen molar-refractivity contribution >= 4 is 40.0 Å². The number of hydrogen-bond donors (Lipinski definition) is 1. The summed E-state index contributed by atoms with van der Waals surface area (Å²) in [7, 11) is 0. The molecule has 1 heterocycles. The molecule has 5 heteroatoms. The summed E-state index contributed by atoms with van der Waals surface area (Å²) in [6.45, 7) is 4.10. The first kappa shape index (κ1) is 9.98. The second kappa shape index (κ2) is 4.23. The molecule has 0 aliphatic heterocycles. The molecule has 1 rings (SSSR count). The summed E-state index contributed by atoms with van der Waals surface area (Å²) < 4.78 is 0.866. The summed E-state index contributed by atoms with van der Waals surface area (Å²) in [4.78, 5) is 7.92. The lowest BCUT2D eigenvalue weighted by Gasteiger charge is -2.10. The van der Waals surface area contributed by atoms with Gasteiger partial charge in [-0.1, -0.05) is 11.6 Å². The first-order valence-corrected chi connectivity index (χ1v) is 4.99. The van der Waals surface area contributed by atoms with Gasteiger partial charge in [-0.05, 0) is 36.4 Å². The van der Waals surface area contributed by atoms with Gasteiger partial charge in [-0.25, -0.2) is 9.97 Å². The van der Waals surface area contributed by atoms with Crippen LogP contribution in [0.15, 0.2) is 6.33 Å². The summed E-state index contributed by atoms with van der Waals surface area (Å²) in [5, 5.41) is 3.67. The van der Waals surface area contributed by atoms with Gasteiger partial charge in [-0.2, -0.15) is 0 Å². The molecular formula is C7H9ClIN3. The molecule has 0 radical (unpaired) electrons. The van der Waals surface area contributed by atoms with Gasteiger partial charge in [0.2, 0.25) is 0 Å². The van der Waals surface area contributed by atoms with E-state index in [0.29, 0.717) is 11.2 Å². The van der Waals surface area contributed by atoms with Gasteiger partial charge in [0, 0.05) is 6.04 Å². The van der Waals surface area contributed by atoms with E-state index in [1.165, 1.54) is 6.33 Å². The molecule has 0 aliphatic rings. The standard InChI is InChI=1S/C7H9ClIN3/c1-4(2)12-7-5(9)6(8)10-3-11-7/h3-4H,1-2H3,(H,10,11,12). The fraction of sp³-hybridized carbons (Fsp3) is 0.429. The average Bonchev–Trinajstić information content (AvgIpc) is 1.98. The number of anilines is 1. The van der Waals surface area contributed by atoms with E-state index in [0.717, 1.165) is 9.39 Å². The predicted molar refractivity (Wildman–Crippen MR) is 58.5 cm³/mol. The molecule has 0 amide bonds. The molecule has 0 bridgehead atoms. The van der Waals surface area contributed by atoms with E-state index in [1.54, 1.807) is 0 Å². The smallest absolute Gasteiger partial charge is 0.147 e. The SMILES string of the molecule is CC(C)Nc1ncnc(Cl)c1I. The summed E-state index contributed by atoms with van der Waals surface area (Å²) in [5.41, 5.74) is 0. The molecule has 0 aromatic carbocycles. The lowest BCUT2D eigenvalue weighted by molar-refractivity contribution is 0.883. The highest BCUT2D eigenvalue weighted by Crippen LogP contribution is 2.21. The summed E-state index contributed by atoms with van der Waals surface area (Å²) in [6.07, 6.45) is 1.45. The highest BCUT2D eigenvalue weighted by molar-refractivity contribution is 14.1. The van der Waals surface area contributed by atoms with Crippen molar-refractivity contribution in [3.8, 4) is 0 Å². The predicted octanol–water partition coefficient (Wildman–Crippen LogP) is 2.55. The molecule has 1 aromatic heterocycles. The third-order valence-corrected chi connectivity index (χ3v) is 2.80. The fourth-order valence-electron chi connectivity index (χ4n) is 0.722. The van der Waals surface area contributed by atoms with Crippen LogP contribution in [0.25, 0.3) is 0 Å². The molecule has 0 saturated heterocycles. The Morgan fingerprint density at radius 3 is 2.75 bits per heavy atom. The van der Waals surface area contributed by atoms with Crippen LogP contribution in [0.4, 0.5) is 5.82 Å². The van der Waals surface area contributed by atoms with Gasteiger partial charge in [0.05, 0.1) is 3.57 Å². The normalized spacial score (nSPS) is 10.4. The summed E-state index contributed by atoms with van der Waals surface area (Å²) >= 11 is 7.92. The Hall–Kier alpha value is -0.100. The third kappa shape index (κ3) is 2.45. The number of hydrogen-bond acceptors (Lipinski definition) is 3. The van der Waals surface area contributed by atoms with Gasteiger partial charge in [-0.15, -0.1) is 0 Å². The van der Waals surface area contributed by atoms with Gasteiger partial charge in [0.1, 0.15) is 17.3 Å². The molecule has 0 atom stereocenters. The zero-order valence-corrected chi connectivity index (χ0v) is 9.72. The third-order valence-electron chi connectivity index (χ3n) is 1.17. The molecule has 66 valence electrons. The molecule has 0 fully saturated rings. The lowest BCUT2D eigenvalue weighted by atomic mass is 10.4. The Balaban J connectivity index is 2.92. The van der Waals surface area contributed by atoms with E-state index in [-0.39, 0.29) is 0 Å². The topological polar surface area (TPSA) is 37.8 Å². The van der Waals surface area contributed by atoms with Crippen LogP contribution < -0.4 is 5.32 Å². The quantitative estimate of drug-likeness (QED) is 0.673. The van der Waals surface area contributed by atoms with Gasteiger partial charge in [0.25, 0.3) is 0 Å². The van der Waals surface area contributed by atoms with E-state index < -0.39 is 0 Å². The molecule has 0 saturated carbocycles. The van der Waals surface area contributed by atoms with Crippen LogP contribution in [0.5, 0.6) is 0 Å². The summed E-state index contributed by atoms with van der Waals surface area (Å²) in [5.74, 6) is 0.797. The Bertz CT molecular complexity index is 277. The Labute approximate surface area is 90.1 Å². The van der Waals surface area contributed by atoms with Crippen LogP contribution in [0.3, 0.4) is 0 Å². The van der Waals surface area contributed by atoms with Crippen molar-refractivity contribution in [3.63, 3.8) is 0 Å². The average molecular weight is 298 g/mol. The molecule has 1 N–H and O–H groups in total. The van der Waals surface area contributed by atoms with Gasteiger partial charge in [-0.3, -0.25) is 0 Å². The van der Waals surface area contributed by atoms with Crippen molar-refractivity contribution in [2.45, 2.75) is 19.9 Å². The molecule has 1 aromatic rings. The zero-order valence-electron chi connectivity index (χ0n) is 6.81. The van der Waals surface area contributed by atoms with Crippen LogP contribution in [0.1, 0.15) is 13.8 Å². The van der Waals surface area contributed by atoms with Crippen LogP contribution in [-0.4, -0.2) is 16.0 Å². The van der Waals surface area contributed by atoms with Gasteiger partial charge in [0.15, 0.2) is 0 Å². The molecular weight excluding hydrogens is 288 g/mol. The van der Waals surface area contributed by atoms with Gasteiger partial charge >= 0.3 is 0 Å². The number of nitrogens with one attached hydrogen (secondary N) is 1. The maximum atomic E-state index is 5.80. The summed E-state index contributed by atoms with van der Waals surface area (Å²) in [6, 6.07) is 0.351. The van der Waals surface area contributed by atoms with E-state index in [2.05, 4.69) is 37.9 Å². The minimum atomic E-state index is 0.351. The number of nitrogens with zero attached hydrogens (tertiary/aromatic N) is 2. The van der Waals surface area contributed by atoms with E-state index in [9.17, 15) is 0 Å². The zero-order chi connectivity index (χ0) is 9.14. The molecule has 0 spiro atoms. The second-order valence-corrected chi connectivity index (χ2v) is 4.06. The van der Waals surface area contributed by atoms with Gasteiger partial charge < -0.3 is 5.32 Å². The van der Waals surface area contributed by atoms with Crippen molar-refractivity contribution in [2.24, 2.45) is 0 Å². The maximum absolute atomic E-state index is 5.80. The van der Waals surface area contributed by atoms with Crippen LogP contribution >= 0.6 is 34.2 Å². The highest BCUT2D eigenvalue weighted by Gasteiger charge is 2.06. The van der Waals surface area contributed by atoms with E-state index >= 15 is 0 Å². The maximum Gasteiger partial charge on any atom is 0.147 e. The monoisotopic (exact) mass is 297 g/mol. The largest absolute Gasteiger partial charge is 0.367 e. The van der Waals surface area contributed by atoms with E-state index in [1.807, 2.05) is 13.8 Å². The fourth-order valence-corrected chi connectivity index (χ4v) is 1.29. The van der Waals surface area contributed by atoms with Crippen molar-refractivity contribution < 1.29 is 0 Å². The van der Waals surface area contributed by atoms with Crippen molar-refractivity contribution in [1.29, 1.82) is 0 Å². The Morgan fingerprint density at radius 2 is 2.17 bits per heavy atom.